The average Bonchev–Trinajstić information content (AvgIpc) is 2.35. The van der Waals surface area contributed by atoms with Crippen LogP contribution in [0.25, 0.3) is 0 Å². The zero-order valence-corrected chi connectivity index (χ0v) is 10.5. The van der Waals surface area contributed by atoms with Crippen molar-refractivity contribution >= 4 is 5.91 Å². The Morgan fingerprint density at radius 2 is 2.00 bits per heavy atom. The van der Waals surface area contributed by atoms with Gasteiger partial charge in [-0.3, -0.25) is 4.79 Å². The molecule has 0 bridgehead atoms. The first kappa shape index (κ1) is 13.6. The highest BCUT2D eigenvalue weighted by Crippen LogP contribution is 2.12. The number of hydrogen-bond acceptors (Lipinski definition) is 2. The van der Waals surface area contributed by atoms with Crippen molar-refractivity contribution in [1.29, 1.82) is 0 Å². The van der Waals surface area contributed by atoms with Gasteiger partial charge < -0.3 is 10.2 Å². The minimum absolute atomic E-state index is 0.0322. The van der Waals surface area contributed by atoms with E-state index in [0.717, 1.165) is 5.56 Å². The molecule has 0 radical (unpaired) electrons. The SMILES string of the molecule is CCN(C)C(=O)CN[C@@H](C)c1ccc(F)cc1. The van der Waals surface area contributed by atoms with E-state index in [-0.39, 0.29) is 17.8 Å². The highest BCUT2D eigenvalue weighted by atomic mass is 19.1. The summed E-state index contributed by atoms with van der Waals surface area (Å²) in [7, 11) is 1.77. The molecule has 4 heteroatoms. The fourth-order valence-corrected chi connectivity index (χ4v) is 1.42. The van der Waals surface area contributed by atoms with Gasteiger partial charge in [-0.1, -0.05) is 12.1 Å². The molecule has 3 nitrogen and oxygen atoms in total. The number of nitrogens with zero attached hydrogens (tertiary/aromatic N) is 1. The van der Waals surface area contributed by atoms with Crippen LogP contribution in [0.4, 0.5) is 4.39 Å². The number of rotatable bonds is 5. The zero-order chi connectivity index (χ0) is 12.8. The van der Waals surface area contributed by atoms with Crippen molar-refractivity contribution < 1.29 is 9.18 Å². The van der Waals surface area contributed by atoms with E-state index >= 15 is 0 Å². The van der Waals surface area contributed by atoms with E-state index in [1.54, 1.807) is 24.1 Å². The summed E-state index contributed by atoms with van der Waals surface area (Å²) in [6.45, 7) is 4.88. The molecule has 1 amide bonds. The minimum atomic E-state index is -0.247. The van der Waals surface area contributed by atoms with Crippen molar-refractivity contribution in [3.05, 3.63) is 35.6 Å². The fourth-order valence-electron chi connectivity index (χ4n) is 1.42. The first-order valence-corrected chi connectivity index (χ1v) is 5.77. The Balaban J connectivity index is 2.47. The van der Waals surface area contributed by atoms with Crippen LogP contribution in [0.5, 0.6) is 0 Å². The molecule has 0 aliphatic heterocycles. The predicted molar refractivity (Wildman–Crippen MR) is 66.1 cm³/mol. The van der Waals surface area contributed by atoms with Crippen LogP contribution in [-0.4, -0.2) is 30.9 Å². The molecule has 0 saturated heterocycles. The minimum Gasteiger partial charge on any atom is -0.345 e. The third-order valence-corrected chi connectivity index (χ3v) is 2.83. The van der Waals surface area contributed by atoms with Crippen LogP contribution < -0.4 is 5.32 Å². The first-order chi connectivity index (χ1) is 8.04. The molecule has 0 aliphatic rings. The number of amides is 1. The molecule has 94 valence electrons. The molecule has 1 rings (SSSR count). The van der Waals surface area contributed by atoms with Gasteiger partial charge in [0, 0.05) is 19.6 Å². The van der Waals surface area contributed by atoms with Crippen LogP contribution in [0.3, 0.4) is 0 Å². The van der Waals surface area contributed by atoms with Gasteiger partial charge in [0.25, 0.3) is 0 Å². The summed E-state index contributed by atoms with van der Waals surface area (Å²) in [5.74, 6) is -0.191. The van der Waals surface area contributed by atoms with Crippen LogP contribution in [0.1, 0.15) is 25.5 Å². The lowest BCUT2D eigenvalue weighted by Crippen LogP contribution is -2.36. The Morgan fingerprint density at radius 1 is 1.41 bits per heavy atom. The van der Waals surface area contributed by atoms with Gasteiger partial charge in [0.05, 0.1) is 6.54 Å². The van der Waals surface area contributed by atoms with Crippen molar-refractivity contribution in [2.24, 2.45) is 0 Å². The normalized spacial score (nSPS) is 12.2. The Labute approximate surface area is 102 Å². The molecule has 0 heterocycles. The summed E-state index contributed by atoms with van der Waals surface area (Å²) in [5.41, 5.74) is 0.971. The van der Waals surface area contributed by atoms with E-state index in [0.29, 0.717) is 13.1 Å². The Hall–Kier alpha value is -1.42. The van der Waals surface area contributed by atoms with Crippen molar-refractivity contribution in [3.8, 4) is 0 Å². The second kappa shape index (κ2) is 6.35. The summed E-state index contributed by atoms with van der Waals surface area (Å²) in [4.78, 5) is 13.2. The molecular formula is C13H19FN2O. The van der Waals surface area contributed by atoms with E-state index in [1.807, 2.05) is 13.8 Å². The Morgan fingerprint density at radius 3 is 2.53 bits per heavy atom. The molecule has 17 heavy (non-hydrogen) atoms. The van der Waals surface area contributed by atoms with Gasteiger partial charge in [0.2, 0.25) is 5.91 Å². The van der Waals surface area contributed by atoms with E-state index in [1.165, 1.54) is 12.1 Å². The average molecular weight is 238 g/mol. The van der Waals surface area contributed by atoms with Gasteiger partial charge in [-0.15, -0.1) is 0 Å². The molecule has 0 unspecified atom stereocenters. The molecule has 1 N–H and O–H groups in total. The van der Waals surface area contributed by atoms with Crippen molar-refractivity contribution in [2.45, 2.75) is 19.9 Å². The van der Waals surface area contributed by atoms with Gasteiger partial charge in [-0.2, -0.15) is 0 Å². The lowest BCUT2D eigenvalue weighted by Gasteiger charge is -2.18. The van der Waals surface area contributed by atoms with Gasteiger partial charge in [0.15, 0.2) is 0 Å². The summed E-state index contributed by atoms with van der Waals surface area (Å²) >= 11 is 0. The lowest BCUT2D eigenvalue weighted by molar-refractivity contribution is -0.128. The third kappa shape index (κ3) is 4.15. The molecule has 0 aliphatic carbocycles. The number of likely N-dealkylation sites (N-methyl/N-ethyl adjacent to an activating group) is 1. The van der Waals surface area contributed by atoms with Gasteiger partial charge in [0.1, 0.15) is 5.82 Å². The number of halogens is 1. The smallest absolute Gasteiger partial charge is 0.236 e. The second-order valence-electron chi connectivity index (χ2n) is 4.06. The molecule has 0 spiro atoms. The molecule has 1 aromatic rings. The van der Waals surface area contributed by atoms with Crippen LogP contribution >= 0.6 is 0 Å². The van der Waals surface area contributed by atoms with Crippen molar-refractivity contribution in [3.63, 3.8) is 0 Å². The maximum Gasteiger partial charge on any atom is 0.236 e. The van der Waals surface area contributed by atoms with Gasteiger partial charge >= 0.3 is 0 Å². The van der Waals surface area contributed by atoms with Gasteiger partial charge in [-0.25, -0.2) is 4.39 Å². The lowest BCUT2D eigenvalue weighted by atomic mass is 10.1. The maximum absolute atomic E-state index is 12.7. The van der Waals surface area contributed by atoms with Crippen LogP contribution in [-0.2, 0) is 4.79 Å². The summed E-state index contributed by atoms with van der Waals surface area (Å²) < 4.78 is 12.7. The second-order valence-corrected chi connectivity index (χ2v) is 4.06. The number of benzene rings is 1. The first-order valence-electron chi connectivity index (χ1n) is 5.77. The highest BCUT2D eigenvalue weighted by molar-refractivity contribution is 5.77. The van der Waals surface area contributed by atoms with Crippen LogP contribution in [0, 0.1) is 5.82 Å². The van der Waals surface area contributed by atoms with Crippen LogP contribution in [0.2, 0.25) is 0 Å². The van der Waals surface area contributed by atoms with E-state index < -0.39 is 0 Å². The summed E-state index contributed by atoms with van der Waals surface area (Å²) in [5, 5.41) is 3.12. The highest BCUT2D eigenvalue weighted by Gasteiger charge is 2.09. The monoisotopic (exact) mass is 238 g/mol. The Bertz CT molecular complexity index is 364. The van der Waals surface area contributed by atoms with E-state index in [2.05, 4.69) is 5.32 Å². The quantitative estimate of drug-likeness (QED) is 0.850. The predicted octanol–water partition coefficient (Wildman–Crippen LogP) is 1.95. The molecular weight excluding hydrogens is 219 g/mol. The Kier molecular flexibility index (Phi) is 5.10. The molecule has 0 saturated carbocycles. The third-order valence-electron chi connectivity index (χ3n) is 2.83. The number of hydrogen-bond donors (Lipinski definition) is 1. The zero-order valence-electron chi connectivity index (χ0n) is 10.5. The standard InChI is InChI=1S/C13H19FN2O/c1-4-16(3)13(17)9-15-10(2)11-5-7-12(14)8-6-11/h5-8,10,15H,4,9H2,1-3H3/t10-/m0/s1. The van der Waals surface area contributed by atoms with Gasteiger partial charge in [-0.05, 0) is 31.5 Å². The number of nitrogens with one attached hydrogen (secondary N) is 1. The maximum atomic E-state index is 12.7. The number of carbonyl (C=O) groups is 1. The van der Waals surface area contributed by atoms with Crippen molar-refractivity contribution in [2.75, 3.05) is 20.1 Å². The summed E-state index contributed by atoms with van der Waals surface area (Å²) in [6, 6.07) is 6.33. The van der Waals surface area contributed by atoms with Crippen LogP contribution in [0.15, 0.2) is 24.3 Å². The number of carbonyl (C=O) groups excluding carboxylic acids is 1. The molecule has 1 aromatic carbocycles. The topological polar surface area (TPSA) is 32.3 Å². The largest absolute Gasteiger partial charge is 0.345 e. The van der Waals surface area contributed by atoms with Crippen molar-refractivity contribution in [1.82, 2.24) is 10.2 Å². The van der Waals surface area contributed by atoms with E-state index in [9.17, 15) is 9.18 Å². The summed E-state index contributed by atoms with van der Waals surface area (Å²) in [6.07, 6.45) is 0. The molecule has 0 fully saturated rings. The molecule has 0 aromatic heterocycles. The van der Waals surface area contributed by atoms with E-state index in [4.69, 9.17) is 0 Å². The fraction of sp³-hybridized carbons (Fsp3) is 0.462. The molecule has 1 atom stereocenters.